The molecule has 1 saturated heterocycles. The first-order chi connectivity index (χ1) is 10.7. The van der Waals surface area contributed by atoms with E-state index in [1.165, 1.54) is 0 Å². The van der Waals surface area contributed by atoms with E-state index in [2.05, 4.69) is 30.0 Å². The first kappa shape index (κ1) is 14.8. The van der Waals surface area contributed by atoms with E-state index in [-0.39, 0.29) is 18.0 Å². The SMILES string of the molecule is CC(C)n1cc(C(=O)N2CCCC[C@H]2c2cccnc2)cn1. The van der Waals surface area contributed by atoms with Gasteiger partial charge >= 0.3 is 0 Å². The maximum Gasteiger partial charge on any atom is 0.257 e. The van der Waals surface area contributed by atoms with E-state index < -0.39 is 0 Å². The van der Waals surface area contributed by atoms with E-state index in [0.717, 1.165) is 31.4 Å². The molecule has 0 saturated carbocycles. The molecule has 0 aliphatic carbocycles. The van der Waals surface area contributed by atoms with Gasteiger partial charge in [-0.05, 0) is 44.7 Å². The number of hydrogen-bond acceptors (Lipinski definition) is 3. The second kappa shape index (κ2) is 6.30. The zero-order valence-electron chi connectivity index (χ0n) is 13.1. The number of nitrogens with zero attached hydrogens (tertiary/aromatic N) is 4. The number of carbonyl (C=O) groups excluding carboxylic acids is 1. The number of carbonyl (C=O) groups is 1. The second-order valence-corrected chi connectivity index (χ2v) is 6.10. The average molecular weight is 298 g/mol. The third-order valence-electron chi connectivity index (χ3n) is 4.21. The minimum absolute atomic E-state index is 0.0699. The lowest BCUT2D eigenvalue weighted by Gasteiger charge is -2.35. The van der Waals surface area contributed by atoms with Crippen LogP contribution >= 0.6 is 0 Å². The minimum atomic E-state index is 0.0699. The Kier molecular flexibility index (Phi) is 4.22. The Hall–Kier alpha value is -2.17. The summed E-state index contributed by atoms with van der Waals surface area (Å²) in [5.41, 5.74) is 1.79. The van der Waals surface area contributed by atoms with Crippen LogP contribution in [-0.2, 0) is 0 Å². The van der Waals surface area contributed by atoms with Crippen LogP contribution < -0.4 is 0 Å². The van der Waals surface area contributed by atoms with Gasteiger partial charge in [0.15, 0.2) is 0 Å². The van der Waals surface area contributed by atoms with Crippen molar-refractivity contribution in [2.24, 2.45) is 0 Å². The molecule has 1 atom stereocenters. The zero-order valence-corrected chi connectivity index (χ0v) is 13.1. The van der Waals surface area contributed by atoms with Gasteiger partial charge in [0.1, 0.15) is 0 Å². The molecule has 22 heavy (non-hydrogen) atoms. The molecule has 0 unspecified atom stereocenters. The topological polar surface area (TPSA) is 51.0 Å². The minimum Gasteiger partial charge on any atom is -0.331 e. The van der Waals surface area contributed by atoms with Crippen molar-refractivity contribution in [1.29, 1.82) is 0 Å². The van der Waals surface area contributed by atoms with Crippen LogP contribution in [0.4, 0.5) is 0 Å². The Morgan fingerprint density at radius 1 is 1.32 bits per heavy atom. The predicted molar refractivity (Wildman–Crippen MR) is 84.5 cm³/mol. The van der Waals surface area contributed by atoms with Crippen LogP contribution in [0.2, 0.25) is 0 Å². The summed E-state index contributed by atoms with van der Waals surface area (Å²) >= 11 is 0. The van der Waals surface area contributed by atoms with Crippen molar-refractivity contribution in [2.75, 3.05) is 6.54 Å². The summed E-state index contributed by atoms with van der Waals surface area (Å²) in [6, 6.07) is 4.37. The van der Waals surface area contributed by atoms with Crippen molar-refractivity contribution < 1.29 is 4.79 Å². The molecule has 1 amide bonds. The maximum atomic E-state index is 12.9. The molecule has 2 aromatic rings. The number of amides is 1. The van der Waals surface area contributed by atoms with Gasteiger partial charge in [-0.2, -0.15) is 5.10 Å². The smallest absolute Gasteiger partial charge is 0.257 e. The molecule has 116 valence electrons. The van der Waals surface area contributed by atoms with Crippen molar-refractivity contribution >= 4 is 5.91 Å². The summed E-state index contributed by atoms with van der Waals surface area (Å²) < 4.78 is 1.83. The number of hydrogen-bond donors (Lipinski definition) is 0. The molecule has 1 aliphatic heterocycles. The van der Waals surface area contributed by atoms with Gasteiger partial charge in [0.25, 0.3) is 5.91 Å². The van der Waals surface area contributed by atoms with Crippen LogP contribution in [0, 0.1) is 0 Å². The molecule has 3 heterocycles. The molecule has 0 N–H and O–H groups in total. The average Bonchev–Trinajstić information content (AvgIpc) is 3.05. The largest absolute Gasteiger partial charge is 0.331 e. The van der Waals surface area contributed by atoms with Gasteiger partial charge in [-0.15, -0.1) is 0 Å². The maximum absolute atomic E-state index is 12.9. The molecule has 0 spiro atoms. The molecule has 5 nitrogen and oxygen atoms in total. The first-order valence-electron chi connectivity index (χ1n) is 7.92. The Morgan fingerprint density at radius 3 is 2.86 bits per heavy atom. The van der Waals surface area contributed by atoms with Crippen molar-refractivity contribution in [3.63, 3.8) is 0 Å². The molecular weight excluding hydrogens is 276 g/mol. The van der Waals surface area contributed by atoms with Gasteiger partial charge in [-0.1, -0.05) is 6.07 Å². The molecular formula is C17H22N4O. The summed E-state index contributed by atoms with van der Waals surface area (Å²) in [5, 5.41) is 4.29. The fraction of sp³-hybridized carbons (Fsp3) is 0.471. The zero-order chi connectivity index (χ0) is 15.5. The van der Waals surface area contributed by atoms with E-state index in [1.807, 2.05) is 28.0 Å². The fourth-order valence-corrected chi connectivity index (χ4v) is 2.99. The van der Waals surface area contributed by atoms with E-state index in [0.29, 0.717) is 5.56 Å². The summed E-state index contributed by atoms with van der Waals surface area (Å²) in [6.07, 6.45) is 10.4. The number of likely N-dealkylation sites (tertiary alicyclic amines) is 1. The molecule has 3 rings (SSSR count). The number of aromatic nitrogens is 3. The summed E-state index contributed by atoms with van der Waals surface area (Å²) in [5.74, 6) is 0.0699. The highest BCUT2D eigenvalue weighted by atomic mass is 16.2. The third kappa shape index (κ3) is 2.89. The molecule has 0 bridgehead atoms. The van der Waals surface area contributed by atoms with Crippen LogP contribution in [0.1, 0.15) is 61.1 Å². The normalized spacial score (nSPS) is 18.7. The number of rotatable bonds is 3. The molecule has 2 aromatic heterocycles. The standard InChI is InChI=1S/C17H22N4O/c1-13(2)21-12-15(11-19-21)17(22)20-9-4-3-7-16(20)14-6-5-8-18-10-14/h5-6,8,10-13,16H,3-4,7,9H2,1-2H3/t16-/m0/s1. The van der Waals surface area contributed by atoms with Crippen LogP contribution in [0.25, 0.3) is 0 Å². The first-order valence-corrected chi connectivity index (χ1v) is 7.92. The summed E-state index contributed by atoms with van der Waals surface area (Å²) in [4.78, 5) is 19.0. The van der Waals surface area contributed by atoms with Crippen LogP contribution in [-0.4, -0.2) is 32.1 Å². The van der Waals surface area contributed by atoms with Gasteiger partial charge in [-0.25, -0.2) is 0 Å². The van der Waals surface area contributed by atoms with Crippen LogP contribution in [0.3, 0.4) is 0 Å². The van der Waals surface area contributed by atoms with Crippen LogP contribution in [0.5, 0.6) is 0 Å². The van der Waals surface area contributed by atoms with Crippen molar-refractivity contribution in [3.8, 4) is 0 Å². The van der Waals surface area contributed by atoms with E-state index in [9.17, 15) is 4.79 Å². The van der Waals surface area contributed by atoms with Gasteiger partial charge in [0, 0.05) is 31.2 Å². The van der Waals surface area contributed by atoms with Crippen LogP contribution in [0.15, 0.2) is 36.9 Å². The van der Waals surface area contributed by atoms with Crippen molar-refractivity contribution in [2.45, 2.75) is 45.2 Å². The van der Waals surface area contributed by atoms with Gasteiger partial charge in [-0.3, -0.25) is 14.5 Å². The molecule has 1 aliphatic rings. The highest BCUT2D eigenvalue weighted by Gasteiger charge is 2.29. The molecule has 1 fully saturated rings. The second-order valence-electron chi connectivity index (χ2n) is 6.10. The lowest BCUT2D eigenvalue weighted by Crippen LogP contribution is -2.38. The fourth-order valence-electron chi connectivity index (χ4n) is 2.99. The molecule has 0 aromatic carbocycles. The quantitative estimate of drug-likeness (QED) is 0.874. The van der Waals surface area contributed by atoms with E-state index >= 15 is 0 Å². The lowest BCUT2D eigenvalue weighted by atomic mass is 9.96. The van der Waals surface area contributed by atoms with Crippen molar-refractivity contribution in [1.82, 2.24) is 19.7 Å². The van der Waals surface area contributed by atoms with Gasteiger partial charge in [0.05, 0.1) is 17.8 Å². The Balaban J connectivity index is 1.85. The Morgan fingerprint density at radius 2 is 2.18 bits per heavy atom. The Bertz CT molecular complexity index is 635. The predicted octanol–water partition coefficient (Wildman–Crippen LogP) is 3.23. The van der Waals surface area contributed by atoms with E-state index in [1.54, 1.807) is 12.4 Å². The van der Waals surface area contributed by atoms with Crippen molar-refractivity contribution in [3.05, 3.63) is 48.0 Å². The lowest BCUT2D eigenvalue weighted by molar-refractivity contribution is 0.0611. The number of pyridine rings is 1. The summed E-state index contributed by atoms with van der Waals surface area (Å²) in [7, 11) is 0. The van der Waals surface area contributed by atoms with E-state index in [4.69, 9.17) is 0 Å². The third-order valence-corrected chi connectivity index (χ3v) is 4.21. The highest BCUT2D eigenvalue weighted by molar-refractivity contribution is 5.94. The van der Waals surface area contributed by atoms with Gasteiger partial charge in [0.2, 0.25) is 0 Å². The highest BCUT2D eigenvalue weighted by Crippen LogP contribution is 2.31. The molecule has 0 radical (unpaired) electrons. The summed E-state index contributed by atoms with van der Waals surface area (Å²) in [6.45, 7) is 4.91. The van der Waals surface area contributed by atoms with Gasteiger partial charge < -0.3 is 4.90 Å². The molecule has 5 heteroatoms. The monoisotopic (exact) mass is 298 g/mol. The Labute approximate surface area is 131 Å². The number of piperidine rings is 1.